The molecule has 196 valence electrons. The van der Waals surface area contributed by atoms with Crippen molar-refractivity contribution in [3.8, 4) is 17.0 Å². The van der Waals surface area contributed by atoms with E-state index in [9.17, 15) is 13.2 Å². The number of aromatic nitrogens is 6. The van der Waals surface area contributed by atoms with Gasteiger partial charge in [0.05, 0.1) is 37.9 Å². The van der Waals surface area contributed by atoms with Gasteiger partial charge in [0, 0.05) is 24.8 Å². The zero-order chi connectivity index (χ0) is 25.5. The topological polar surface area (TPSA) is 94.6 Å². The molecule has 2 aliphatic heterocycles. The second-order valence-electron chi connectivity index (χ2n) is 9.41. The van der Waals surface area contributed by atoms with E-state index in [0.29, 0.717) is 54.7 Å². The molecule has 0 saturated carbocycles. The summed E-state index contributed by atoms with van der Waals surface area (Å²) in [5, 5.41) is 15.7. The van der Waals surface area contributed by atoms with Crippen LogP contribution in [0, 0.1) is 0 Å². The minimum atomic E-state index is -1.07. The van der Waals surface area contributed by atoms with Crippen LogP contribution < -0.4 is 10.1 Å². The third kappa shape index (κ3) is 4.25. The first kappa shape index (κ1) is 23.9. The van der Waals surface area contributed by atoms with E-state index in [-0.39, 0.29) is 5.95 Å². The van der Waals surface area contributed by atoms with Crippen LogP contribution in [0.25, 0.3) is 27.7 Å². The molecule has 5 heterocycles. The molecule has 10 nitrogen and oxygen atoms in total. The van der Waals surface area contributed by atoms with Crippen molar-refractivity contribution in [1.29, 1.82) is 0 Å². The minimum absolute atomic E-state index is 0.269. The average molecular weight is 517 g/mol. The van der Waals surface area contributed by atoms with Crippen LogP contribution in [0.2, 0.25) is 0 Å². The summed E-state index contributed by atoms with van der Waals surface area (Å²) in [6.07, 6.45) is 1.32. The molecule has 2 atom stereocenters. The van der Waals surface area contributed by atoms with Crippen LogP contribution in [0.1, 0.15) is 12.5 Å². The zero-order valence-electron chi connectivity index (χ0n) is 20.2. The van der Waals surface area contributed by atoms with E-state index >= 15 is 0 Å². The Balaban J connectivity index is 1.29. The number of nitrogens with zero attached hydrogens (tertiary/aromatic N) is 7. The normalized spacial score (nSPS) is 21.1. The van der Waals surface area contributed by atoms with Crippen LogP contribution in [0.5, 0.6) is 5.88 Å². The van der Waals surface area contributed by atoms with Crippen LogP contribution in [0.4, 0.5) is 19.1 Å². The quantitative estimate of drug-likeness (QED) is 0.382. The van der Waals surface area contributed by atoms with Gasteiger partial charge in [-0.2, -0.15) is 4.98 Å². The first-order chi connectivity index (χ1) is 18.1. The van der Waals surface area contributed by atoms with Crippen LogP contribution in [0.15, 0.2) is 30.5 Å². The first-order valence-corrected chi connectivity index (χ1v) is 12.2. The lowest BCUT2D eigenvalue weighted by Crippen LogP contribution is -2.57. The number of likely N-dealkylation sites (tertiary alicyclic amines) is 1. The van der Waals surface area contributed by atoms with E-state index in [1.54, 1.807) is 22.8 Å². The zero-order valence-corrected chi connectivity index (χ0v) is 20.2. The Labute approximate surface area is 210 Å². The van der Waals surface area contributed by atoms with Crippen molar-refractivity contribution < 1.29 is 22.6 Å². The Bertz CT molecular complexity index is 1400. The fraction of sp³-hybridized carbons (Fsp3) is 0.500. The minimum Gasteiger partial charge on any atom is -0.479 e. The van der Waals surface area contributed by atoms with Gasteiger partial charge in [-0.25, -0.2) is 22.4 Å². The molecule has 0 spiro atoms. The van der Waals surface area contributed by atoms with Gasteiger partial charge >= 0.3 is 0 Å². The highest BCUT2D eigenvalue weighted by Gasteiger charge is 2.35. The van der Waals surface area contributed by atoms with Gasteiger partial charge in [-0.15, -0.1) is 10.2 Å². The third-order valence-corrected chi connectivity index (χ3v) is 7.18. The largest absolute Gasteiger partial charge is 0.479 e. The number of anilines is 1. The highest BCUT2D eigenvalue weighted by Crippen LogP contribution is 2.33. The van der Waals surface area contributed by atoms with E-state index in [4.69, 9.17) is 9.47 Å². The number of nitrogens with one attached hydrogen (secondary N) is 1. The smallest absolute Gasteiger partial charge is 0.244 e. The van der Waals surface area contributed by atoms with Gasteiger partial charge < -0.3 is 14.8 Å². The average Bonchev–Trinajstić information content (AvgIpc) is 3.49. The van der Waals surface area contributed by atoms with Crippen molar-refractivity contribution in [2.45, 2.75) is 30.7 Å². The molecule has 37 heavy (non-hydrogen) atoms. The second-order valence-corrected chi connectivity index (χ2v) is 9.41. The molecule has 0 radical (unpaired) electrons. The summed E-state index contributed by atoms with van der Waals surface area (Å²) in [5.41, 5.74) is 3.17. The van der Waals surface area contributed by atoms with Gasteiger partial charge in [0.2, 0.25) is 11.8 Å². The number of hydrogen-bond acceptors (Lipinski definition) is 8. The summed E-state index contributed by atoms with van der Waals surface area (Å²) < 4.78 is 55.4. The van der Waals surface area contributed by atoms with Gasteiger partial charge in [-0.05, 0) is 30.2 Å². The van der Waals surface area contributed by atoms with E-state index < -0.39 is 31.6 Å². The molecular weight excluding hydrogens is 489 g/mol. The van der Waals surface area contributed by atoms with Gasteiger partial charge in [0.15, 0.2) is 0 Å². The predicted octanol–water partition coefficient (Wildman–Crippen LogP) is 2.85. The summed E-state index contributed by atoms with van der Waals surface area (Å²) in [7, 11) is 1.51. The molecule has 2 aliphatic rings. The van der Waals surface area contributed by atoms with Crippen LogP contribution >= 0.6 is 0 Å². The Kier molecular flexibility index (Phi) is 6.32. The summed E-state index contributed by atoms with van der Waals surface area (Å²) in [4.78, 5) is 6.65. The van der Waals surface area contributed by atoms with Gasteiger partial charge in [-0.1, -0.05) is 11.3 Å². The lowest BCUT2D eigenvalue weighted by Gasteiger charge is -2.42. The molecule has 0 bridgehead atoms. The lowest BCUT2D eigenvalue weighted by molar-refractivity contribution is -0.0794. The number of hydrogen-bond donors (Lipinski definition) is 1. The molecule has 2 saturated heterocycles. The molecule has 0 aliphatic carbocycles. The number of alkyl halides is 3. The van der Waals surface area contributed by atoms with E-state index in [2.05, 4.69) is 30.6 Å². The monoisotopic (exact) mass is 516 g/mol. The van der Waals surface area contributed by atoms with E-state index in [1.807, 2.05) is 12.1 Å². The maximum Gasteiger partial charge on any atom is 0.244 e. The number of benzene rings is 1. The molecule has 3 aromatic heterocycles. The standard InChI is InChI=1S/C24H27F3N8O2/c1-36-23-22-17(14-2-3-20-21(8-14)35(32-30-20)15(9-25)10-26)4-7-34(22)31-24(29-23)28-19-5-6-33(11-18(19)27)16-12-37-13-16/h2-4,7-8,15-16,18-19H,5-6,9-13H2,1H3,(H,28,31)/t18-,19-/m1/s1. The molecule has 1 aromatic carbocycles. The molecule has 0 amide bonds. The van der Waals surface area contributed by atoms with E-state index in [0.717, 1.165) is 17.7 Å². The Morgan fingerprint density at radius 2 is 2.05 bits per heavy atom. The number of rotatable bonds is 8. The van der Waals surface area contributed by atoms with Crippen molar-refractivity contribution in [1.82, 2.24) is 34.5 Å². The number of piperidine rings is 1. The molecule has 13 heteroatoms. The van der Waals surface area contributed by atoms with Gasteiger partial charge in [-0.3, -0.25) is 4.90 Å². The van der Waals surface area contributed by atoms with Crippen molar-refractivity contribution in [2.75, 3.05) is 52.1 Å². The van der Waals surface area contributed by atoms with Gasteiger partial charge in [0.25, 0.3) is 0 Å². The van der Waals surface area contributed by atoms with Crippen LogP contribution in [-0.4, -0.2) is 99.5 Å². The number of halogens is 3. The summed E-state index contributed by atoms with van der Waals surface area (Å²) in [6, 6.07) is 6.08. The predicted molar refractivity (Wildman–Crippen MR) is 130 cm³/mol. The summed E-state index contributed by atoms with van der Waals surface area (Å²) in [5.74, 6) is 0.583. The number of ether oxygens (including phenoxy) is 2. The maximum absolute atomic E-state index is 15.0. The Hall–Kier alpha value is -3.45. The molecule has 2 fully saturated rings. The second kappa shape index (κ2) is 9.78. The van der Waals surface area contributed by atoms with Crippen molar-refractivity contribution in [2.24, 2.45) is 0 Å². The lowest BCUT2D eigenvalue weighted by atomic mass is 10.0. The molecule has 4 aromatic rings. The highest BCUT2D eigenvalue weighted by molar-refractivity contribution is 5.89. The highest BCUT2D eigenvalue weighted by atomic mass is 19.1. The summed E-state index contributed by atoms with van der Waals surface area (Å²) in [6.45, 7) is 0.668. The number of methoxy groups -OCH3 is 1. The van der Waals surface area contributed by atoms with Crippen molar-refractivity contribution in [3.63, 3.8) is 0 Å². The molecule has 0 unspecified atom stereocenters. The Morgan fingerprint density at radius 3 is 2.76 bits per heavy atom. The third-order valence-electron chi connectivity index (χ3n) is 7.18. The maximum atomic E-state index is 15.0. The van der Waals surface area contributed by atoms with Crippen molar-refractivity contribution >= 4 is 22.5 Å². The fourth-order valence-corrected chi connectivity index (χ4v) is 5.00. The number of fused-ring (bicyclic) bond motifs is 2. The molecule has 1 N–H and O–H groups in total. The van der Waals surface area contributed by atoms with Crippen LogP contribution in [-0.2, 0) is 4.74 Å². The fourth-order valence-electron chi connectivity index (χ4n) is 5.00. The summed E-state index contributed by atoms with van der Waals surface area (Å²) >= 11 is 0. The molecular formula is C24H27F3N8O2. The first-order valence-electron chi connectivity index (χ1n) is 12.2. The Morgan fingerprint density at radius 1 is 1.22 bits per heavy atom. The van der Waals surface area contributed by atoms with Gasteiger partial charge in [0.1, 0.15) is 36.6 Å². The molecule has 6 rings (SSSR count). The SMILES string of the molecule is COc1nc(N[C@@H]2CCN(C3COC3)C[C@H]2F)nn2ccc(-c3ccc4nnn(C(CF)CF)c4c3)c12. The van der Waals surface area contributed by atoms with Crippen LogP contribution in [0.3, 0.4) is 0 Å². The van der Waals surface area contributed by atoms with E-state index in [1.165, 1.54) is 11.8 Å². The van der Waals surface area contributed by atoms with Crippen molar-refractivity contribution in [3.05, 3.63) is 30.5 Å².